The van der Waals surface area contributed by atoms with E-state index in [0.717, 1.165) is 15.1 Å². The molecular formula is C12H11BrClNS. The third-order valence-electron chi connectivity index (χ3n) is 2.28. The van der Waals surface area contributed by atoms with Crippen molar-refractivity contribution in [3.8, 4) is 10.4 Å². The summed E-state index contributed by atoms with van der Waals surface area (Å²) in [7, 11) is 0. The summed E-state index contributed by atoms with van der Waals surface area (Å²) in [5, 5.41) is 0.730. The summed E-state index contributed by atoms with van der Waals surface area (Å²) in [5.74, 6) is 0. The van der Waals surface area contributed by atoms with Gasteiger partial charge >= 0.3 is 0 Å². The van der Waals surface area contributed by atoms with Crippen LogP contribution < -0.4 is 5.73 Å². The summed E-state index contributed by atoms with van der Waals surface area (Å²) in [6.07, 6.45) is 0. The summed E-state index contributed by atoms with van der Waals surface area (Å²) >= 11 is 11.2. The average molecular weight is 317 g/mol. The minimum Gasteiger partial charge on any atom is -0.324 e. The molecule has 1 heterocycles. The summed E-state index contributed by atoms with van der Waals surface area (Å²) in [6, 6.07) is 10.2. The third-order valence-corrected chi connectivity index (χ3v) is 4.85. The lowest BCUT2D eigenvalue weighted by Gasteiger charge is -2.01. The lowest BCUT2D eigenvalue weighted by molar-refractivity contribution is 0.838. The molecule has 0 aliphatic carbocycles. The molecule has 0 amide bonds. The Hall–Kier alpha value is -0.350. The fraction of sp³-hybridized carbons (Fsp3) is 0.167. The number of hydrogen-bond donors (Lipinski definition) is 1. The van der Waals surface area contributed by atoms with E-state index in [-0.39, 0.29) is 6.04 Å². The molecule has 0 radical (unpaired) electrons. The number of halogens is 2. The van der Waals surface area contributed by atoms with E-state index in [1.54, 1.807) is 11.3 Å². The second-order valence-corrected chi connectivity index (χ2v) is 6.00. The molecule has 84 valence electrons. The molecule has 16 heavy (non-hydrogen) atoms. The van der Waals surface area contributed by atoms with Crippen LogP contribution in [0.5, 0.6) is 0 Å². The van der Waals surface area contributed by atoms with Gasteiger partial charge in [0.05, 0.1) is 5.02 Å². The van der Waals surface area contributed by atoms with Gasteiger partial charge in [0.15, 0.2) is 0 Å². The van der Waals surface area contributed by atoms with Crippen molar-refractivity contribution in [2.75, 3.05) is 0 Å². The summed E-state index contributed by atoms with van der Waals surface area (Å²) in [6.45, 7) is 1.99. The predicted octanol–water partition coefficient (Wildman–Crippen LogP) is 4.85. The second kappa shape index (κ2) is 4.88. The topological polar surface area (TPSA) is 26.0 Å². The van der Waals surface area contributed by atoms with Crippen molar-refractivity contribution >= 4 is 38.9 Å². The minimum absolute atomic E-state index is 0.0877. The van der Waals surface area contributed by atoms with Crippen molar-refractivity contribution in [1.82, 2.24) is 0 Å². The number of thiophene rings is 1. The largest absolute Gasteiger partial charge is 0.324 e. The molecule has 1 nitrogen and oxygen atoms in total. The first-order chi connectivity index (χ1) is 7.58. The average Bonchev–Trinajstić information content (AvgIpc) is 2.71. The Labute approximate surface area is 112 Å². The van der Waals surface area contributed by atoms with E-state index in [2.05, 4.69) is 28.1 Å². The molecule has 2 rings (SSSR count). The normalized spacial score (nSPS) is 12.8. The number of hydrogen-bond acceptors (Lipinski definition) is 2. The van der Waals surface area contributed by atoms with Gasteiger partial charge in [-0.25, -0.2) is 0 Å². The van der Waals surface area contributed by atoms with Crippen LogP contribution in [0.3, 0.4) is 0 Å². The highest BCUT2D eigenvalue weighted by molar-refractivity contribution is 9.10. The maximum atomic E-state index is 6.07. The van der Waals surface area contributed by atoms with Gasteiger partial charge in [0.2, 0.25) is 0 Å². The van der Waals surface area contributed by atoms with Crippen molar-refractivity contribution in [2.24, 2.45) is 5.73 Å². The Morgan fingerprint density at radius 3 is 2.62 bits per heavy atom. The van der Waals surface area contributed by atoms with Crippen molar-refractivity contribution in [2.45, 2.75) is 13.0 Å². The van der Waals surface area contributed by atoms with Crippen molar-refractivity contribution in [3.05, 3.63) is 44.7 Å². The lowest BCUT2D eigenvalue weighted by Crippen LogP contribution is -2.01. The van der Waals surface area contributed by atoms with E-state index in [1.807, 2.05) is 25.1 Å². The van der Waals surface area contributed by atoms with E-state index < -0.39 is 0 Å². The highest BCUT2D eigenvalue weighted by atomic mass is 79.9. The van der Waals surface area contributed by atoms with E-state index in [1.165, 1.54) is 9.75 Å². The number of benzene rings is 1. The number of nitrogens with two attached hydrogens (primary N) is 1. The molecule has 2 aromatic rings. The SMILES string of the molecule is CC(N)c1ccc(-c2ccc(Br)c(Cl)c2)s1. The van der Waals surface area contributed by atoms with E-state index in [0.29, 0.717) is 0 Å². The van der Waals surface area contributed by atoms with Crippen LogP contribution in [0, 0.1) is 0 Å². The van der Waals surface area contributed by atoms with Gasteiger partial charge in [-0.1, -0.05) is 17.7 Å². The summed E-state index contributed by atoms with van der Waals surface area (Å²) in [5.41, 5.74) is 6.97. The molecule has 1 atom stereocenters. The summed E-state index contributed by atoms with van der Waals surface area (Å²) in [4.78, 5) is 2.38. The van der Waals surface area contributed by atoms with Crippen LogP contribution in [-0.4, -0.2) is 0 Å². The molecule has 0 spiro atoms. The molecule has 1 aromatic heterocycles. The Morgan fingerprint density at radius 1 is 1.31 bits per heavy atom. The Morgan fingerprint density at radius 2 is 2.06 bits per heavy atom. The molecular weight excluding hydrogens is 306 g/mol. The first kappa shape index (κ1) is 12.1. The van der Waals surface area contributed by atoms with Crippen LogP contribution in [-0.2, 0) is 0 Å². The van der Waals surface area contributed by atoms with E-state index in [9.17, 15) is 0 Å². The predicted molar refractivity (Wildman–Crippen MR) is 75.1 cm³/mol. The molecule has 0 saturated carbocycles. The smallest absolute Gasteiger partial charge is 0.0554 e. The Kier molecular flexibility index (Phi) is 3.70. The minimum atomic E-state index is 0.0877. The molecule has 0 aliphatic heterocycles. The van der Waals surface area contributed by atoms with Crippen LogP contribution in [0.15, 0.2) is 34.8 Å². The standard InChI is InChI=1S/C12H11BrClNS/c1-7(15)11-4-5-12(16-11)8-2-3-9(13)10(14)6-8/h2-7H,15H2,1H3. The van der Waals surface area contributed by atoms with Gasteiger partial charge in [0, 0.05) is 20.3 Å². The second-order valence-electron chi connectivity index (χ2n) is 3.62. The first-order valence-corrected chi connectivity index (χ1v) is 6.87. The van der Waals surface area contributed by atoms with Gasteiger partial charge in [0.1, 0.15) is 0 Å². The maximum Gasteiger partial charge on any atom is 0.0554 e. The molecule has 1 unspecified atom stereocenters. The first-order valence-electron chi connectivity index (χ1n) is 4.88. The van der Waals surface area contributed by atoms with Gasteiger partial charge in [-0.3, -0.25) is 0 Å². The van der Waals surface area contributed by atoms with Gasteiger partial charge < -0.3 is 5.73 Å². The van der Waals surface area contributed by atoms with E-state index in [4.69, 9.17) is 17.3 Å². The quantitative estimate of drug-likeness (QED) is 0.842. The molecule has 0 saturated heterocycles. The van der Waals surface area contributed by atoms with Crippen LogP contribution in [0.4, 0.5) is 0 Å². The molecule has 1 aromatic carbocycles. The number of rotatable bonds is 2. The summed E-state index contributed by atoms with van der Waals surface area (Å²) < 4.78 is 0.918. The Bertz CT molecular complexity index is 507. The van der Waals surface area contributed by atoms with Gasteiger partial charge in [-0.05, 0) is 52.7 Å². The van der Waals surface area contributed by atoms with Crippen molar-refractivity contribution < 1.29 is 0 Å². The van der Waals surface area contributed by atoms with E-state index >= 15 is 0 Å². The molecule has 2 N–H and O–H groups in total. The van der Waals surface area contributed by atoms with Gasteiger partial charge in [0.25, 0.3) is 0 Å². The third kappa shape index (κ3) is 2.48. The van der Waals surface area contributed by atoms with Gasteiger partial charge in [-0.2, -0.15) is 0 Å². The maximum absolute atomic E-state index is 6.07. The van der Waals surface area contributed by atoms with Crippen LogP contribution in [0.2, 0.25) is 5.02 Å². The van der Waals surface area contributed by atoms with Crippen LogP contribution in [0.25, 0.3) is 10.4 Å². The zero-order valence-electron chi connectivity index (χ0n) is 8.71. The lowest BCUT2D eigenvalue weighted by atomic mass is 10.2. The van der Waals surface area contributed by atoms with Crippen molar-refractivity contribution in [1.29, 1.82) is 0 Å². The Balaban J connectivity index is 2.39. The van der Waals surface area contributed by atoms with Gasteiger partial charge in [-0.15, -0.1) is 11.3 Å². The molecule has 0 aliphatic rings. The molecule has 4 heteroatoms. The monoisotopic (exact) mass is 315 g/mol. The van der Waals surface area contributed by atoms with Crippen molar-refractivity contribution in [3.63, 3.8) is 0 Å². The molecule has 0 fully saturated rings. The fourth-order valence-corrected chi connectivity index (χ4v) is 2.79. The highest BCUT2D eigenvalue weighted by Crippen LogP contribution is 2.34. The zero-order valence-corrected chi connectivity index (χ0v) is 11.9. The highest BCUT2D eigenvalue weighted by Gasteiger charge is 2.07. The van der Waals surface area contributed by atoms with Crippen LogP contribution in [0.1, 0.15) is 17.8 Å². The zero-order chi connectivity index (χ0) is 11.7. The fourth-order valence-electron chi connectivity index (χ4n) is 1.40. The van der Waals surface area contributed by atoms with Crippen LogP contribution >= 0.6 is 38.9 Å². The molecule has 0 bridgehead atoms.